The molecule has 0 aromatic carbocycles. The smallest absolute Gasteiger partial charge is 0.228 e. The molecule has 0 aliphatic heterocycles. The van der Waals surface area contributed by atoms with Crippen LogP contribution in [0, 0.1) is 17.3 Å². The zero-order chi connectivity index (χ0) is 12.5. The van der Waals surface area contributed by atoms with Crippen molar-refractivity contribution in [2.75, 3.05) is 13.1 Å². The minimum absolute atomic E-state index is 0.00593. The molecule has 0 N–H and O–H groups in total. The third-order valence-electron chi connectivity index (χ3n) is 5.06. The Balaban J connectivity index is 1.95. The van der Waals surface area contributed by atoms with Crippen molar-refractivity contribution < 1.29 is 4.79 Å². The molecule has 2 aliphatic rings. The number of nitrogens with zero attached hydrogens (tertiary/aromatic N) is 1. The van der Waals surface area contributed by atoms with Gasteiger partial charge >= 0.3 is 0 Å². The van der Waals surface area contributed by atoms with Crippen LogP contribution in [0.4, 0.5) is 0 Å². The minimum atomic E-state index is -0.00593. The van der Waals surface area contributed by atoms with Crippen molar-refractivity contribution in [3.8, 4) is 0 Å². The summed E-state index contributed by atoms with van der Waals surface area (Å²) in [6, 6.07) is 0. The van der Waals surface area contributed by atoms with Crippen LogP contribution >= 0.6 is 0 Å². The molecule has 0 aromatic heterocycles. The Hall–Kier alpha value is -0.530. The van der Waals surface area contributed by atoms with Gasteiger partial charge in [0.05, 0.1) is 0 Å². The third kappa shape index (κ3) is 2.36. The van der Waals surface area contributed by atoms with Gasteiger partial charge in [-0.05, 0) is 32.1 Å². The quantitative estimate of drug-likeness (QED) is 0.733. The number of amides is 1. The highest BCUT2D eigenvalue weighted by Gasteiger charge is 2.59. The first-order valence-corrected chi connectivity index (χ1v) is 7.42. The zero-order valence-corrected chi connectivity index (χ0v) is 11.7. The summed E-state index contributed by atoms with van der Waals surface area (Å²) in [6.07, 6.45) is 8.06. The first kappa shape index (κ1) is 12.9. The fourth-order valence-corrected chi connectivity index (χ4v) is 3.74. The van der Waals surface area contributed by atoms with Crippen LogP contribution in [0.15, 0.2) is 0 Å². The molecule has 0 heterocycles. The van der Waals surface area contributed by atoms with Crippen LogP contribution in [0.5, 0.6) is 0 Å². The van der Waals surface area contributed by atoms with Crippen molar-refractivity contribution in [1.29, 1.82) is 0 Å². The van der Waals surface area contributed by atoms with Gasteiger partial charge in [0, 0.05) is 18.5 Å². The lowest BCUT2D eigenvalue weighted by Crippen LogP contribution is -2.37. The summed E-state index contributed by atoms with van der Waals surface area (Å²) >= 11 is 0. The van der Waals surface area contributed by atoms with Crippen LogP contribution in [0.3, 0.4) is 0 Å². The largest absolute Gasteiger partial charge is 0.343 e. The Labute approximate surface area is 106 Å². The second kappa shape index (κ2) is 4.99. The molecule has 0 aromatic rings. The molecule has 0 spiro atoms. The monoisotopic (exact) mass is 237 g/mol. The first-order valence-electron chi connectivity index (χ1n) is 7.42. The maximum Gasteiger partial charge on any atom is 0.228 e. The normalized spacial score (nSPS) is 33.5. The lowest BCUT2D eigenvalue weighted by Gasteiger charge is -2.27. The second-order valence-electron chi connectivity index (χ2n) is 6.10. The summed E-state index contributed by atoms with van der Waals surface area (Å²) in [6.45, 7) is 8.10. The van der Waals surface area contributed by atoms with Gasteiger partial charge < -0.3 is 4.90 Å². The molecule has 2 rings (SSSR count). The summed E-state index contributed by atoms with van der Waals surface area (Å²) < 4.78 is 0. The van der Waals surface area contributed by atoms with E-state index in [1.165, 1.54) is 32.1 Å². The lowest BCUT2D eigenvalue weighted by molar-refractivity contribution is -0.136. The average Bonchev–Trinajstić information content (AvgIpc) is 3.06. The topological polar surface area (TPSA) is 20.3 Å². The highest BCUT2D eigenvalue weighted by Crippen LogP contribution is 2.59. The second-order valence-corrected chi connectivity index (χ2v) is 6.10. The molecule has 17 heavy (non-hydrogen) atoms. The third-order valence-corrected chi connectivity index (χ3v) is 5.06. The Morgan fingerprint density at radius 2 is 1.76 bits per heavy atom. The van der Waals surface area contributed by atoms with Crippen LogP contribution in [0.25, 0.3) is 0 Å². The zero-order valence-electron chi connectivity index (χ0n) is 11.7. The van der Waals surface area contributed by atoms with Crippen molar-refractivity contribution >= 4 is 5.91 Å². The van der Waals surface area contributed by atoms with E-state index in [9.17, 15) is 4.79 Å². The molecule has 2 heteroatoms. The maximum atomic E-state index is 12.5. The van der Waals surface area contributed by atoms with Gasteiger partial charge in [0.15, 0.2) is 0 Å². The molecular formula is C15H27NO. The lowest BCUT2D eigenvalue weighted by atomic mass is 9.82. The predicted molar refractivity (Wildman–Crippen MR) is 70.7 cm³/mol. The van der Waals surface area contributed by atoms with E-state index in [-0.39, 0.29) is 5.41 Å². The van der Waals surface area contributed by atoms with Crippen molar-refractivity contribution in [1.82, 2.24) is 4.90 Å². The SMILES string of the molecule is CCN(CC)C(=O)[C@@]1(C)C[C@@H]1C1CCCCC1. The Kier molecular flexibility index (Phi) is 3.79. The highest BCUT2D eigenvalue weighted by molar-refractivity contribution is 5.85. The van der Waals surface area contributed by atoms with Crippen molar-refractivity contribution in [2.24, 2.45) is 17.3 Å². The molecule has 2 nitrogen and oxygen atoms in total. The van der Waals surface area contributed by atoms with E-state index in [1.54, 1.807) is 0 Å². The summed E-state index contributed by atoms with van der Waals surface area (Å²) in [7, 11) is 0. The number of carbonyl (C=O) groups excluding carboxylic acids is 1. The summed E-state index contributed by atoms with van der Waals surface area (Å²) in [5.41, 5.74) is -0.00593. The fourth-order valence-electron chi connectivity index (χ4n) is 3.74. The molecule has 0 radical (unpaired) electrons. The summed E-state index contributed by atoms with van der Waals surface area (Å²) in [4.78, 5) is 14.5. The van der Waals surface area contributed by atoms with E-state index in [4.69, 9.17) is 0 Å². The molecule has 98 valence electrons. The number of rotatable bonds is 4. The molecule has 0 saturated heterocycles. The molecule has 0 unspecified atom stereocenters. The molecule has 2 saturated carbocycles. The van der Waals surface area contributed by atoms with Gasteiger partial charge in [-0.25, -0.2) is 0 Å². The van der Waals surface area contributed by atoms with Crippen molar-refractivity contribution in [2.45, 2.75) is 59.3 Å². The van der Waals surface area contributed by atoms with Gasteiger partial charge in [0.25, 0.3) is 0 Å². The maximum absolute atomic E-state index is 12.5. The summed E-state index contributed by atoms with van der Waals surface area (Å²) in [5, 5.41) is 0. The van der Waals surface area contributed by atoms with E-state index in [0.717, 1.165) is 25.4 Å². The van der Waals surface area contributed by atoms with Gasteiger partial charge in [-0.3, -0.25) is 4.79 Å². The molecule has 2 aliphatic carbocycles. The number of carbonyl (C=O) groups is 1. The van der Waals surface area contributed by atoms with Crippen molar-refractivity contribution in [3.05, 3.63) is 0 Å². The van der Waals surface area contributed by atoms with E-state index >= 15 is 0 Å². The van der Waals surface area contributed by atoms with Gasteiger partial charge in [-0.15, -0.1) is 0 Å². The van der Waals surface area contributed by atoms with Gasteiger partial charge in [-0.2, -0.15) is 0 Å². The molecular weight excluding hydrogens is 210 g/mol. The van der Waals surface area contributed by atoms with Crippen LogP contribution in [-0.2, 0) is 4.79 Å². The first-order chi connectivity index (χ1) is 8.13. The number of hydrogen-bond donors (Lipinski definition) is 0. The molecule has 0 bridgehead atoms. The van der Waals surface area contributed by atoms with Crippen molar-refractivity contribution in [3.63, 3.8) is 0 Å². The van der Waals surface area contributed by atoms with E-state index in [1.807, 2.05) is 4.90 Å². The molecule has 2 atom stereocenters. The van der Waals surface area contributed by atoms with Crippen LogP contribution < -0.4 is 0 Å². The van der Waals surface area contributed by atoms with Crippen LogP contribution in [0.1, 0.15) is 59.3 Å². The fraction of sp³-hybridized carbons (Fsp3) is 0.933. The Morgan fingerprint density at radius 1 is 1.18 bits per heavy atom. The van der Waals surface area contributed by atoms with E-state index in [2.05, 4.69) is 20.8 Å². The summed E-state index contributed by atoms with van der Waals surface area (Å²) in [5.74, 6) is 1.95. The van der Waals surface area contributed by atoms with E-state index < -0.39 is 0 Å². The minimum Gasteiger partial charge on any atom is -0.343 e. The standard InChI is InChI=1S/C15H27NO/c1-4-16(5-2)14(17)15(3)11-13(15)12-9-7-6-8-10-12/h12-13H,4-11H2,1-3H3/t13-,15+/m1/s1. The average molecular weight is 237 g/mol. The Morgan fingerprint density at radius 3 is 2.29 bits per heavy atom. The van der Waals surface area contributed by atoms with Gasteiger partial charge in [0.1, 0.15) is 0 Å². The van der Waals surface area contributed by atoms with Gasteiger partial charge in [0.2, 0.25) is 5.91 Å². The molecule has 2 fully saturated rings. The Bertz CT molecular complexity index is 279. The van der Waals surface area contributed by atoms with E-state index in [0.29, 0.717) is 11.8 Å². The highest BCUT2D eigenvalue weighted by atomic mass is 16.2. The predicted octanol–water partition coefficient (Wildman–Crippen LogP) is 3.46. The van der Waals surface area contributed by atoms with Crippen LogP contribution in [0.2, 0.25) is 0 Å². The number of hydrogen-bond acceptors (Lipinski definition) is 1. The van der Waals surface area contributed by atoms with Gasteiger partial charge in [-0.1, -0.05) is 39.0 Å². The molecule has 1 amide bonds. The van der Waals surface area contributed by atoms with Crippen LogP contribution in [-0.4, -0.2) is 23.9 Å².